The molecule has 7 heteroatoms. The van der Waals surface area contributed by atoms with Crippen LogP contribution in [0.15, 0.2) is 55.5 Å². The van der Waals surface area contributed by atoms with Gasteiger partial charge in [0.25, 0.3) is 0 Å². The fraction of sp³-hybridized carbons (Fsp3) is 0.345. The third-order valence-corrected chi connectivity index (χ3v) is 7.69. The number of halogens is 1. The van der Waals surface area contributed by atoms with Gasteiger partial charge in [-0.05, 0) is 73.6 Å². The summed E-state index contributed by atoms with van der Waals surface area (Å²) in [6.07, 6.45) is 14.1. The van der Waals surface area contributed by atoms with E-state index in [0.29, 0.717) is 18.1 Å². The number of carbonyl (C=O) groups is 2. The SMILES string of the molecule is C=CC(=O)N1CC(N(C)C(=O)Cn2cc(-c3cnccc3C3=CCCCC3)c3cc(Cl)cc(C)c32)C1. The Bertz CT molecular complexity index is 1380. The van der Waals surface area contributed by atoms with E-state index in [9.17, 15) is 9.59 Å². The number of pyridine rings is 1. The lowest BCUT2D eigenvalue weighted by molar-refractivity contribution is -0.142. The van der Waals surface area contributed by atoms with Crippen LogP contribution in [0, 0.1) is 6.92 Å². The summed E-state index contributed by atoms with van der Waals surface area (Å²) < 4.78 is 2.03. The number of amides is 2. The summed E-state index contributed by atoms with van der Waals surface area (Å²) in [5.41, 5.74) is 6.68. The summed E-state index contributed by atoms with van der Waals surface area (Å²) in [7, 11) is 1.81. The summed E-state index contributed by atoms with van der Waals surface area (Å²) >= 11 is 6.51. The maximum Gasteiger partial charge on any atom is 0.246 e. The van der Waals surface area contributed by atoms with Crippen LogP contribution >= 0.6 is 11.6 Å². The van der Waals surface area contributed by atoms with Crippen molar-refractivity contribution >= 4 is 39.9 Å². The van der Waals surface area contributed by atoms with Gasteiger partial charge < -0.3 is 14.4 Å². The summed E-state index contributed by atoms with van der Waals surface area (Å²) in [5.74, 6) is -0.0918. The van der Waals surface area contributed by atoms with Crippen molar-refractivity contribution in [3.05, 3.63) is 71.7 Å². The van der Waals surface area contributed by atoms with Crippen LogP contribution in [0.2, 0.25) is 5.02 Å². The Morgan fingerprint density at radius 2 is 2.03 bits per heavy atom. The van der Waals surface area contributed by atoms with Gasteiger partial charge in [-0.2, -0.15) is 0 Å². The lowest BCUT2D eigenvalue weighted by atomic mass is 9.89. The number of fused-ring (bicyclic) bond motifs is 1. The van der Waals surface area contributed by atoms with E-state index in [1.807, 2.05) is 43.1 Å². The first kappa shape index (κ1) is 24.3. The number of aryl methyl sites for hydroxylation is 1. The molecule has 2 aliphatic rings. The van der Waals surface area contributed by atoms with Crippen molar-refractivity contribution in [2.75, 3.05) is 20.1 Å². The van der Waals surface area contributed by atoms with E-state index >= 15 is 0 Å². The van der Waals surface area contributed by atoms with Gasteiger partial charge in [-0.15, -0.1) is 0 Å². The number of likely N-dealkylation sites (N-methyl/N-ethyl adjacent to an activating group) is 1. The van der Waals surface area contributed by atoms with E-state index in [0.717, 1.165) is 40.4 Å². The zero-order valence-electron chi connectivity index (χ0n) is 20.8. The minimum absolute atomic E-state index is 0.00454. The summed E-state index contributed by atoms with van der Waals surface area (Å²) in [5, 5.41) is 1.69. The highest BCUT2D eigenvalue weighted by atomic mass is 35.5. The first-order valence-corrected chi connectivity index (χ1v) is 12.8. The molecule has 1 fully saturated rings. The minimum atomic E-state index is -0.0963. The molecule has 3 heterocycles. The average molecular weight is 503 g/mol. The molecule has 0 unspecified atom stereocenters. The number of hydrogen-bond donors (Lipinski definition) is 0. The van der Waals surface area contributed by atoms with Gasteiger partial charge in [-0.3, -0.25) is 14.6 Å². The van der Waals surface area contributed by atoms with Crippen LogP contribution in [-0.2, 0) is 16.1 Å². The first-order valence-electron chi connectivity index (χ1n) is 12.5. The molecule has 0 bridgehead atoms. The topological polar surface area (TPSA) is 58.4 Å². The molecule has 2 amide bonds. The molecule has 1 aliphatic heterocycles. The summed E-state index contributed by atoms with van der Waals surface area (Å²) in [6.45, 7) is 6.85. The van der Waals surface area contributed by atoms with Gasteiger partial charge in [0, 0.05) is 60.3 Å². The molecule has 5 rings (SSSR count). The van der Waals surface area contributed by atoms with Crippen molar-refractivity contribution in [2.24, 2.45) is 0 Å². The standard InChI is InChI=1S/C29H31ClN4O2/c1-4-27(35)33-15-22(16-33)32(3)28(36)18-34-17-26(24-13-21(30)12-19(2)29(24)34)25-14-31-11-10-23(25)20-8-6-5-7-9-20/h4,8,10-14,17,22H,1,5-7,9,15-16,18H2,2-3H3. The number of hydrogen-bond acceptors (Lipinski definition) is 3. The number of aromatic nitrogens is 2. The number of likely N-dealkylation sites (tertiary alicyclic amines) is 1. The van der Waals surface area contributed by atoms with Crippen molar-refractivity contribution in [3.63, 3.8) is 0 Å². The molecule has 1 aromatic carbocycles. The number of nitrogens with zero attached hydrogens (tertiary/aromatic N) is 4. The normalized spacial score (nSPS) is 16.0. The third kappa shape index (κ3) is 4.46. The molecule has 6 nitrogen and oxygen atoms in total. The molecule has 0 spiro atoms. The zero-order valence-corrected chi connectivity index (χ0v) is 21.6. The molecule has 0 atom stereocenters. The van der Waals surface area contributed by atoms with Crippen molar-refractivity contribution in [3.8, 4) is 11.1 Å². The molecule has 0 saturated carbocycles. The number of rotatable bonds is 6. The molecular weight excluding hydrogens is 472 g/mol. The van der Waals surface area contributed by atoms with Crippen molar-refractivity contribution in [1.29, 1.82) is 0 Å². The van der Waals surface area contributed by atoms with Gasteiger partial charge in [0.15, 0.2) is 0 Å². The van der Waals surface area contributed by atoms with E-state index in [2.05, 4.69) is 29.9 Å². The van der Waals surface area contributed by atoms with E-state index in [1.54, 1.807) is 9.80 Å². The van der Waals surface area contributed by atoms with Crippen molar-refractivity contribution in [2.45, 2.75) is 45.2 Å². The van der Waals surface area contributed by atoms with E-state index in [4.69, 9.17) is 11.6 Å². The fourth-order valence-electron chi connectivity index (χ4n) is 5.39. The van der Waals surface area contributed by atoms with E-state index in [-0.39, 0.29) is 24.4 Å². The maximum atomic E-state index is 13.3. The smallest absolute Gasteiger partial charge is 0.246 e. The van der Waals surface area contributed by atoms with Crippen LogP contribution in [0.5, 0.6) is 0 Å². The van der Waals surface area contributed by atoms with Gasteiger partial charge in [-0.25, -0.2) is 0 Å². The Kier molecular flexibility index (Phi) is 6.71. The molecular formula is C29H31ClN4O2. The molecule has 186 valence electrons. The molecule has 1 saturated heterocycles. The van der Waals surface area contributed by atoms with Crippen molar-refractivity contribution in [1.82, 2.24) is 19.4 Å². The Labute approximate surface area is 216 Å². The second-order valence-corrected chi connectivity index (χ2v) is 10.2. The van der Waals surface area contributed by atoms with Crippen LogP contribution in [0.4, 0.5) is 0 Å². The number of benzene rings is 1. The maximum absolute atomic E-state index is 13.3. The number of carbonyl (C=O) groups excluding carboxylic acids is 2. The predicted molar refractivity (Wildman–Crippen MR) is 145 cm³/mol. The summed E-state index contributed by atoms with van der Waals surface area (Å²) in [4.78, 5) is 33.0. The van der Waals surface area contributed by atoms with Crippen molar-refractivity contribution < 1.29 is 9.59 Å². The van der Waals surface area contributed by atoms with Gasteiger partial charge >= 0.3 is 0 Å². The first-order chi connectivity index (χ1) is 17.4. The van der Waals surface area contributed by atoms with E-state index in [1.165, 1.54) is 30.1 Å². The average Bonchev–Trinajstić information content (AvgIpc) is 3.21. The Morgan fingerprint density at radius 1 is 1.22 bits per heavy atom. The Hall–Kier alpha value is -3.38. The van der Waals surface area contributed by atoms with Crippen LogP contribution in [-0.4, -0.2) is 57.3 Å². The largest absolute Gasteiger partial charge is 0.338 e. The molecule has 2 aromatic heterocycles. The van der Waals surface area contributed by atoms with Gasteiger partial charge in [0.2, 0.25) is 11.8 Å². The van der Waals surface area contributed by atoms with Gasteiger partial charge in [-0.1, -0.05) is 24.3 Å². The Balaban J connectivity index is 1.50. The molecule has 0 N–H and O–H groups in total. The summed E-state index contributed by atoms with van der Waals surface area (Å²) in [6, 6.07) is 6.04. The van der Waals surface area contributed by atoms with Crippen LogP contribution in [0.1, 0.15) is 36.8 Å². The Morgan fingerprint density at radius 3 is 2.75 bits per heavy atom. The highest BCUT2D eigenvalue weighted by molar-refractivity contribution is 6.31. The van der Waals surface area contributed by atoms with Crippen LogP contribution in [0.3, 0.4) is 0 Å². The zero-order chi connectivity index (χ0) is 25.4. The molecule has 36 heavy (non-hydrogen) atoms. The van der Waals surface area contributed by atoms with E-state index < -0.39 is 0 Å². The lowest BCUT2D eigenvalue weighted by Gasteiger charge is -2.43. The molecule has 0 radical (unpaired) electrons. The fourth-order valence-corrected chi connectivity index (χ4v) is 5.67. The quantitative estimate of drug-likeness (QED) is 0.419. The minimum Gasteiger partial charge on any atom is -0.338 e. The lowest BCUT2D eigenvalue weighted by Crippen LogP contribution is -2.61. The monoisotopic (exact) mass is 502 g/mol. The molecule has 1 aliphatic carbocycles. The molecule has 3 aromatic rings. The van der Waals surface area contributed by atoms with Gasteiger partial charge in [0.05, 0.1) is 11.6 Å². The van der Waals surface area contributed by atoms with Gasteiger partial charge in [0.1, 0.15) is 6.54 Å². The number of allylic oxidation sites excluding steroid dienone is 2. The van der Waals surface area contributed by atoms with Crippen LogP contribution < -0.4 is 0 Å². The predicted octanol–water partition coefficient (Wildman–Crippen LogP) is 5.48. The second-order valence-electron chi connectivity index (χ2n) is 9.79. The van der Waals surface area contributed by atoms with Crippen LogP contribution in [0.25, 0.3) is 27.6 Å². The highest BCUT2D eigenvalue weighted by Crippen LogP contribution is 2.39. The third-order valence-electron chi connectivity index (χ3n) is 7.47. The highest BCUT2D eigenvalue weighted by Gasteiger charge is 2.34. The second kappa shape index (κ2) is 9.94.